The highest BCUT2D eigenvalue weighted by molar-refractivity contribution is 5.85. The Balaban J connectivity index is 1.36. The van der Waals surface area contributed by atoms with Crippen molar-refractivity contribution in [2.24, 2.45) is 40.2 Å². The van der Waals surface area contributed by atoms with Gasteiger partial charge in [-0.3, -0.25) is 4.79 Å². The number of cyclic esters (lactones) is 1. The fourth-order valence-corrected chi connectivity index (χ4v) is 9.24. The summed E-state index contributed by atoms with van der Waals surface area (Å²) in [5.41, 5.74) is 6.35. The SMILES string of the molecule is CC(N)C(=O)N(C)[C@H]1CC[C@@]2(C)[C@H](CC[C@@H]3[C@@H]2CC[C@]2(C)[C@@H](C4=CC(=O)OC4)CC[C@]32O)C1. The average molecular weight is 459 g/mol. The first-order chi connectivity index (χ1) is 15.5. The Morgan fingerprint density at radius 3 is 2.58 bits per heavy atom. The molecule has 0 bridgehead atoms. The molecule has 1 unspecified atom stereocenters. The standard InChI is InChI=1S/C27H42N2O4/c1-16(28)24(31)29(4)19-7-10-25(2)18(14-19)5-6-22-21(25)8-11-26(3)20(9-12-27(22,26)32)17-13-23(30)33-15-17/h13,16,18-22,32H,5-12,14-15,28H2,1-4H3/t16?,18-,19+,20-,21+,22-,25+,26-,27+/m1/s1. The van der Waals surface area contributed by atoms with Gasteiger partial charge in [0.2, 0.25) is 5.91 Å². The second-order valence-electron chi connectivity index (χ2n) is 12.5. The summed E-state index contributed by atoms with van der Waals surface area (Å²) in [7, 11) is 1.92. The minimum absolute atomic E-state index is 0.0423. The summed E-state index contributed by atoms with van der Waals surface area (Å²) in [4.78, 5) is 26.2. The van der Waals surface area contributed by atoms with Gasteiger partial charge < -0.3 is 20.5 Å². The lowest BCUT2D eigenvalue weighted by atomic mass is 9.43. The number of ether oxygens (including phenoxy) is 1. The van der Waals surface area contributed by atoms with Gasteiger partial charge in [-0.25, -0.2) is 4.79 Å². The number of nitrogens with zero attached hydrogens (tertiary/aromatic N) is 1. The molecule has 3 N–H and O–H groups in total. The lowest BCUT2D eigenvalue weighted by molar-refractivity contribution is -0.206. The monoisotopic (exact) mass is 458 g/mol. The van der Waals surface area contributed by atoms with Crippen molar-refractivity contribution in [2.75, 3.05) is 13.7 Å². The molecule has 1 aliphatic heterocycles. The van der Waals surface area contributed by atoms with Crippen LogP contribution in [0.4, 0.5) is 0 Å². The summed E-state index contributed by atoms with van der Waals surface area (Å²) in [6.07, 6.45) is 11.0. The molecule has 4 fully saturated rings. The van der Waals surface area contributed by atoms with Crippen LogP contribution in [0.5, 0.6) is 0 Å². The summed E-state index contributed by atoms with van der Waals surface area (Å²) in [6, 6.07) is -0.173. The van der Waals surface area contributed by atoms with Gasteiger partial charge in [-0.1, -0.05) is 13.8 Å². The number of hydrogen-bond acceptors (Lipinski definition) is 5. The maximum absolute atomic E-state index is 12.5. The van der Waals surface area contributed by atoms with E-state index in [0.717, 1.165) is 63.4 Å². The van der Waals surface area contributed by atoms with E-state index < -0.39 is 11.6 Å². The molecule has 0 radical (unpaired) electrons. The molecular weight excluding hydrogens is 416 g/mol. The highest BCUT2D eigenvalue weighted by atomic mass is 16.5. The van der Waals surface area contributed by atoms with Gasteiger partial charge in [0.25, 0.3) is 0 Å². The normalized spacial score (nSPS) is 47.6. The van der Waals surface area contributed by atoms with Crippen LogP contribution in [0.25, 0.3) is 0 Å². The number of nitrogens with two attached hydrogens (primary N) is 1. The molecule has 0 aromatic carbocycles. The summed E-state index contributed by atoms with van der Waals surface area (Å²) in [5.74, 6) is 1.50. The van der Waals surface area contributed by atoms with E-state index in [0.29, 0.717) is 24.4 Å². The maximum atomic E-state index is 12.5. The number of rotatable bonds is 3. The second-order valence-corrected chi connectivity index (χ2v) is 12.5. The number of carbonyl (C=O) groups excluding carboxylic acids is 2. The topological polar surface area (TPSA) is 92.9 Å². The quantitative estimate of drug-likeness (QED) is 0.632. The molecule has 33 heavy (non-hydrogen) atoms. The van der Waals surface area contributed by atoms with E-state index in [9.17, 15) is 14.7 Å². The van der Waals surface area contributed by atoms with E-state index in [4.69, 9.17) is 10.5 Å². The molecule has 6 nitrogen and oxygen atoms in total. The van der Waals surface area contributed by atoms with E-state index >= 15 is 0 Å². The van der Waals surface area contributed by atoms with Gasteiger partial charge >= 0.3 is 5.97 Å². The Hall–Kier alpha value is -1.40. The lowest BCUT2D eigenvalue weighted by Crippen LogP contribution is -2.63. The minimum atomic E-state index is -0.667. The van der Waals surface area contributed by atoms with Crippen molar-refractivity contribution in [1.29, 1.82) is 0 Å². The molecule has 5 rings (SSSR count). The summed E-state index contributed by atoms with van der Waals surface area (Å²) in [5, 5.41) is 12.3. The first-order valence-electron chi connectivity index (χ1n) is 13.1. The fourth-order valence-electron chi connectivity index (χ4n) is 9.24. The third-order valence-corrected chi connectivity index (χ3v) is 11.2. The number of fused-ring (bicyclic) bond motifs is 5. The van der Waals surface area contributed by atoms with Gasteiger partial charge in [-0.15, -0.1) is 0 Å². The smallest absolute Gasteiger partial charge is 0.331 e. The molecule has 0 saturated heterocycles. The predicted octanol–water partition coefficient (Wildman–Crippen LogP) is 3.42. The van der Waals surface area contributed by atoms with Crippen LogP contribution >= 0.6 is 0 Å². The highest BCUT2D eigenvalue weighted by Gasteiger charge is 2.67. The van der Waals surface area contributed by atoms with Gasteiger partial charge in [-0.05, 0) is 99.4 Å². The number of carbonyl (C=O) groups is 2. The molecule has 0 aromatic rings. The predicted molar refractivity (Wildman–Crippen MR) is 126 cm³/mol. The molecule has 9 atom stereocenters. The van der Waals surface area contributed by atoms with Gasteiger partial charge in [-0.2, -0.15) is 0 Å². The Kier molecular flexibility index (Phi) is 5.52. The molecule has 5 aliphatic rings. The minimum Gasteiger partial charge on any atom is -0.458 e. The third kappa shape index (κ3) is 3.26. The van der Waals surface area contributed by atoms with E-state index in [-0.39, 0.29) is 34.7 Å². The fraction of sp³-hybridized carbons (Fsp3) is 0.852. The average Bonchev–Trinajstić information content (AvgIpc) is 3.32. The Bertz CT molecular complexity index is 870. The first kappa shape index (κ1) is 23.3. The summed E-state index contributed by atoms with van der Waals surface area (Å²) >= 11 is 0. The molecule has 6 heteroatoms. The number of likely N-dealkylation sites (N-methyl/N-ethyl adjacent to an activating group) is 1. The molecule has 0 aromatic heterocycles. The Morgan fingerprint density at radius 2 is 1.91 bits per heavy atom. The second kappa shape index (κ2) is 7.81. The molecule has 0 spiro atoms. The molecule has 184 valence electrons. The van der Waals surface area contributed by atoms with Crippen molar-refractivity contribution >= 4 is 11.9 Å². The van der Waals surface area contributed by atoms with Crippen LogP contribution in [-0.4, -0.2) is 53.2 Å². The van der Waals surface area contributed by atoms with Crippen molar-refractivity contribution in [3.05, 3.63) is 11.6 Å². The Labute approximate surface area is 198 Å². The lowest BCUT2D eigenvalue weighted by Gasteiger charge is -2.64. The van der Waals surface area contributed by atoms with Crippen molar-refractivity contribution < 1.29 is 19.4 Å². The summed E-state index contributed by atoms with van der Waals surface area (Å²) < 4.78 is 5.24. The largest absolute Gasteiger partial charge is 0.458 e. The number of aliphatic hydroxyl groups is 1. The number of amides is 1. The van der Waals surface area contributed by atoms with Gasteiger partial charge in [0, 0.05) is 24.6 Å². The van der Waals surface area contributed by atoms with Gasteiger partial charge in [0.05, 0.1) is 11.6 Å². The zero-order chi connectivity index (χ0) is 23.8. The molecule has 4 saturated carbocycles. The third-order valence-electron chi connectivity index (χ3n) is 11.2. The molecule has 1 heterocycles. The van der Waals surface area contributed by atoms with E-state index in [1.807, 2.05) is 11.9 Å². The van der Waals surface area contributed by atoms with Crippen LogP contribution in [0.1, 0.15) is 78.6 Å². The van der Waals surface area contributed by atoms with Crippen molar-refractivity contribution in [3.8, 4) is 0 Å². The van der Waals surface area contributed by atoms with Crippen LogP contribution < -0.4 is 5.73 Å². The van der Waals surface area contributed by atoms with Gasteiger partial charge in [0.1, 0.15) is 6.61 Å². The van der Waals surface area contributed by atoms with Crippen LogP contribution in [0.3, 0.4) is 0 Å². The van der Waals surface area contributed by atoms with E-state index in [2.05, 4.69) is 13.8 Å². The van der Waals surface area contributed by atoms with E-state index in [1.165, 1.54) is 0 Å². The van der Waals surface area contributed by atoms with Crippen molar-refractivity contribution in [2.45, 2.75) is 96.2 Å². The summed E-state index contributed by atoms with van der Waals surface area (Å²) in [6.45, 7) is 6.93. The number of hydrogen-bond donors (Lipinski definition) is 2. The zero-order valence-corrected chi connectivity index (χ0v) is 20.8. The Morgan fingerprint density at radius 1 is 1.15 bits per heavy atom. The highest BCUT2D eigenvalue weighted by Crippen LogP contribution is 2.70. The van der Waals surface area contributed by atoms with Crippen molar-refractivity contribution in [3.63, 3.8) is 0 Å². The zero-order valence-electron chi connectivity index (χ0n) is 20.8. The molecular formula is C27H42N2O4. The van der Waals surface area contributed by atoms with Gasteiger partial charge in [0.15, 0.2) is 0 Å². The van der Waals surface area contributed by atoms with E-state index in [1.54, 1.807) is 13.0 Å². The maximum Gasteiger partial charge on any atom is 0.331 e. The molecule has 1 amide bonds. The van der Waals surface area contributed by atoms with Crippen LogP contribution in [0.15, 0.2) is 11.6 Å². The first-order valence-corrected chi connectivity index (χ1v) is 13.1. The van der Waals surface area contributed by atoms with Crippen LogP contribution in [-0.2, 0) is 14.3 Å². The van der Waals surface area contributed by atoms with Crippen LogP contribution in [0.2, 0.25) is 0 Å². The van der Waals surface area contributed by atoms with Crippen LogP contribution in [0, 0.1) is 34.5 Å². The number of esters is 1. The van der Waals surface area contributed by atoms with Crippen molar-refractivity contribution in [1.82, 2.24) is 4.90 Å². The molecule has 4 aliphatic carbocycles.